The van der Waals surface area contributed by atoms with Crippen molar-refractivity contribution in [1.82, 2.24) is 0 Å². The average molecular weight is 278 g/mol. The molecule has 0 heterocycles. The highest BCUT2D eigenvalue weighted by Gasteiger charge is 2.66. The zero-order valence-electron chi connectivity index (χ0n) is 13.7. The summed E-state index contributed by atoms with van der Waals surface area (Å²) in [5.74, 6) is 0. The fourth-order valence-electron chi connectivity index (χ4n) is 4.23. The molecule has 1 aliphatic carbocycles. The van der Waals surface area contributed by atoms with Crippen LogP contribution in [0.3, 0.4) is 0 Å². The Kier molecular flexibility index (Phi) is 3.43. The lowest BCUT2D eigenvalue weighted by Gasteiger charge is -2.26. The Morgan fingerprint density at radius 3 is 1.38 bits per heavy atom. The zero-order chi connectivity index (χ0) is 15.1. The van der Waals surface area contributed by atoms with Crippen molar-refractivity contribution in [2.75, 3.05) is 0 Å². The molecule has 21 heavy (non-hydrogen) atoms. The lowest BCUT2D eigenvalue weighted by Crippen LogP contribution is -2.19. The molecule has 0 aromatic heterocycles. The maximum absolute atomic E-state index is 2.35. The van der Waals surface area contributed by atoms with Crippen LogP contribution in [0.1, 0.15) is 55.4 Å². The minimum Gasteiger partial charge on any atom is -0.0648 e. The third-order valence-electron chi connectivity index (χ3n) is 5.83. The molecule has 0 saturated heterocycles. The Morgan fingerprint density at radius 2 is 1.10 bits per heavy atom. The minimum atomic E-state index is 0.234. The molecular formula is C21H26. The van der Waals surface area contributed by atoms with Gasteiger partial charge in [-0.3, -0.25) is 0 Å². The van der Waals surface area contributed by atoms with Gasteiger partial charge in [0, 0.05) is 5.41 Å². The summed E-state index contributed by atoms with van der Waals surface area (Å²) in [7, 11) is 0. The highest BCUT2D eigenvalue weighted by atomic mass is 14.7. The van der Waals surface area contributed by atoms with Gasteiger partial charge in [0.15, 0.2) is 0 Å². The summed E-state index contributed by atoms with van der Waals surface area (Å²) in [6, 6.07) is 18.5. The molecule has 0 radical (unpaired) electrons. The smallest absolute Gasteiger partial charge is 0.0265 e. The van der Waals surface area contributed by atoms with Gasteiger partial charge >= 0.3 is 0 Å². The molecule has 0 bridgehead atoms. The molecule has 3 rings (SSSR count). The summed E-state index contributed by atoms with van der Waals surface area (Å²) in [5, 5.41) is 0. The van der Waals surface area contributed by atoms with E-state index in [-0.39, 0.29) is 5.41 Å². The number of aryl methyl sites for hydroxylation is 2. The maximum atomic E-state index is 2.35. The predicted molar refractivity (Wildman–Crippen MR) is 90.8 cm³/mol. The van der Waals surface area contributed by atoms with Crippen LogP contribution in [0, 0.1) is 19.3 Å². The summed E-state index contributed by atoms with van der Waals surface area (Å²) < 4.78 is 0. The molecule has 0 atom stereocenters. The Hall–Kier alpha value is -1.56. The van der Waals surface area contributed by atoms with Gasteiger partial charge in [0.05, 0.1) is 0 Å². The Bertz CT molecular complexity index is 567. The molecule has 0 amide bonds. The first-order valence-electron chi connectivity index (χ1n) is 8.22. The van der Waals surface area contributed by atoms with Gasteiger partial charge in [-0.25, -0.2) is 0 Å². The second kappa shape index (κ2) is 5.02. The molecule has 0 unspecified atom stereocenters. The molecule has 1 fully saturated rings. The van der Waals surface area contributed by atoms with Gasteiger partial charge in [-0.15, -0.1) is 0 Å². The normalized spacial score (nSPS) is 18.5. The van der Waals surface area contributed by atoms with Crippen LogP contribution in [0.5, 0.6) is 0 Å². The molecular weight excluding hydrogens is 252 g/mol. The van der Waals surface area contributed by atoms with E-state index in [0.29, 0.717) is 5.41 Å². The number of rotatable bonds is 4. The summed E-state index contributed by atoms with van der Waals surface area (Å²) in [4.78, 5) is 0. The maximum Gasteiger partial charge on any atom is 0.0265 e. The van der Waals surface area contributed by atoms with Crippen LogP contribution in [0.15, 0.2) is 48.5 Å². The third kappa shape index (κ3) is 2.04. The van der Waals surface area contributed by atoms with Gasteiger partial charge in [-0.1, -0.05) is 73.5 Å². The monoisotopic (exact) mass is 278 g/mol. The van der Waals surface area contributed by atoms with Gasteiger partial charge in [-0.05, 0) is 49.7 Å². The van der Waals surface area contributed by atoms with E-state index in [1.807, 2.05) is 0 Å². The van der Waals surface area contributed by atoms with Crippen LogP contribution in [0.25, 0.3) is 0 Å². The van der Waals surface area contributed by atoms with E-state index in [0.717, 1.165) is 0 Å². The third-order valence-corrected chi connectivity index (χ3v) is 5.83. The van der Waals surface area contributed by atoms with Crippen LogP contribution >= 0.6 is 0 Å². The Balaban J connectivity index is 2.13. The molecule has 1 aliphatic rings. The summed E-state index contributed by atoms with van der Waals surface area (Å²) >= 11 is 0. The quantitative estimate of drug-likeness (QED) is 0.663. The fraction of sp³-hybridized carbons (Fsp3) is 0.429. The SMILES string of the molecule is CCC1(CC)CC1(c1ccc(C)cc1)c1ccc(C)cc1. The Morgan fingerprint density at radius 1 is 0.714 bits per heavy atom. The van der Waals surface area contributed by atoms with Gasteiger partial charge in [0.2, 0.25) is 0 Å². The second-order valence-corrected chi connectivity index (χ2v) is 6.80. The minimum absolute atomic E-state index is 0.234. The molecule has 2 aromatic rings. The standard InChI is InChI=1S/C21H26/c1-5-20(6-2)15-21(20,18-11-7-16(3)8-12-18)19-13-9-17(4)10-14-19/h7-14H,5-6,15H2,1-4H3. The summed E-state index contributed by atoms with van der Waals surface area (Å²) in [6.07, 6.45) is 3.80. The van der Waals surface area contributed by atoms with Gasteiger partial charge in [0.1, 0.15) is 0 Å². The van der Waals surface area contributed by atoms with Crippen LogP contribution in [0.2, 0.25) is 0 Å². The molecule has 0 heteroatoms. The van der Waals surface area contributed by atoms with Crippen LogP contribution in [-0.2, 0) is 5.41 Å². The summed E-state index contributed by atoms with van der Waals surface area (Å²) in [5.41, 5.74) is 6.37. The Labute approximate surface area is 129 Å². The molecule has 0 spiro atoms. The van der Waals surface area contributed by atoms with Crippen molar-refractivity contribution in [3.05, 3.63) is 70.8 Å². The van der Waals surface area contributed by atoms with Crippen molar-refractivity contribution in [2.24, 2.45) is 5.41 Å². The topological polar surface area (TPSA) is 0 Å². The van der Waals surface area contributed by atoms with Crippen LogP contribution in [-0.4, -0.2) is 0 Å². The zero-order valence-corrected chi connectivity index (χ0v) is 13.7. The van der Waals surface area contributed by atoms with E-state index in [1.54, 1.807) is 0 Å². The molecule has 2 aromatic carbocycles. The van der Waals surface area contributed by atoms with Gasteiger partial charge in [-0.2, -0.15) is 0 Å². The van der Waals surface area contributed by atoms with E-state index in [9.17, 15) is 0 Å². The molecule has 110 valence electrons. The number of hydrogen-bond acceptors (Lipinski definition) is 0. The average Bonchev–Trinajstić information content (AvgIpc) is 3.19. The molecule has 0 aliphatic heterocycles. The largest absolute Gasteiger partial charge is 0.0648 e. The first kappa shape index (κ1) is 14.4. The molecule has 0 nitrogen and oxygen atoms in total. The van der Waals surface area contributed by atoms with Gasteiger partial charge < -0.3 is 0 Å². The number of benzene rings is 2. The van der Waals surface area contributed by atoms with Crippen molar-refractivity contribution in [2.45, 2.75) is 52.4 Å². The number of hydrogen-bond donors (Lipinski definition) is 0. The van der Waals surface area contributed by atoms with Crippen molar-refractivity contribution < 1.29 is 0 Å². The van der Waals surface area contributed by atoms with Crippen molar-refractivity contribution in [1.29, 1.82) is 0 Å². The highest BCUT2D eigenvalue weighted by molar-refractivity contribution is 5.51. The predicted octanol–water partition coefficient (Wildman–Crippen LogP) is 5.80. The first-order valence-corrected chi connectivity index (χ1v) is 8.22. The van der Waals surface area contributed by atoms with Crippen molar-refractivity contribution >= 4 is 0 Å². The highest BCUT2D eigenvalue weighted by Crippen LogP contribution is 2.71. The second-order valence-electron chi connectivity index (χ2n) is 6.80. The first-order chi connectivity index (χ1) is 10.1. The van der Waals surface area contributed by atoms with E-state index in [1.165, 1.54) is 41.5 Å². The molecule has 0 N–H and O–H groups in total. The molecule has 1 saturated carbocycles. The fourth-order valence-corrected chi connectivity index (χ4v) is 4.23. The van der Waals surface area contributed by atoms with Crippen molar-refractivity contribution in [3.8, 4) is 0 Å². The van der Waals surface area contributed by atoms with E-state index >= 15 is 0 Å². The lowest BCUT2D eigenvalue weighted by molar-refractivity contribution is 0.415. The summed E-state index contributed by atoms with van der Waals surface area (Å²) in [6.45, 7) is 9.05. The van der Waals surface area contributed by atoms with E-state index in [4.69, 9.17) is 0 Å². The van der Waals surface area contributed by atoms with Crippen molar-refractivity contribution in [3.63, 3.8) is 0 Å². The van der Waals surface area contributed by atoms with Crippen LogP contribution in [0.4, 0.5) is 0 Å². The lowest BCUT2D eigenvalue weighted by atomic mass is 9.77. The van der Waals surface area contributed by atoms with Crippen LogP contribution < -0.4 is 0 Å². The van der Waals surface area contributed by atoms with Gasteiger partial charge in [0.25, 0.3) is 0 Å². The van der Waals surface area contributed by atoms with E-state index in [2.05, 4.69) is 76.2 Å². The van der Waals surface area contributed by atoms with E-state index < -0.39 is 0 Å².